The number of fused-ring (bicyclic) bond motifs is 1. The lowest BCUT2D eigenvalue weighted by molar-refractivity contribution is 0.274. The molecule has 0 aliphatic carbocycles. The van der Waals surface area contributed by atoms with Crippen molar-refractivity contribution in [2.75, 3.05) is 0 Å². The van der Waals surface area contributed by atoms with Crippen LogP contribution in [0.1, 0.15) is 24.5 Å². The van der Waals surface area contributed by atoms with Gasteiger partial charge in [-0.25, -0.2) is 4.79 Å². The number of aliphatic hydroxyl groups excluding tert-OH is 1. The first-order valence-corrected chi connectivity index (χ1v) is 7.63. The fraction of sp³-hybridized carbons (Fsp3) is 0.211. The minimum atomic E-state index is -0.506. The second kappa shape index (κ2) is 6.26. The van der Waals surface area contributed by atoms with Crippen molar-refractivity contribution in [3.8, 4) is 16.9 Å². The summed E-state index contributed by atoms with van der Waals surface area (Å²) in [6, 6.07) is 12.8. The van der Waals surface area contributed by atoms with Gasteiger partial charge in [-0.1, -0.05) is 43.7 Å². The van der Waals surface area contributed by atoms with Gasteiger partial charge in [0.2, 0.25) is 0 Å². The minimum absolute atomic E-state index is 0.00946. The van der Waals surface area contributed by atoms with Crippen molar-refractivity contribution in [3.05, 3.63) is 64.0 Å². The van der Waals surface area contributed by atoms with E-state index in [9.17, 15) is 15.0 Å². The molecule has 0 aliphatic heterocycles. The Morgan fingerprint density at radius 2 is 1.87 bits per heavy atom. The molecule has 1 aromatic heterocycles. The van der Waals surface area contributed by atoms with Crippen LogP contribution in [0.15, 0.2) is 51.7 Å². The molecule has 0 amide bonds. The number of hydrogen-bond donors (Lipinski definition) is 2. The van der Waals surface area contributed by atoms with E-state index in [1.54, 1.807) is 0 Å². The summed E-state index contributed by atoms with van der Waals surface area (Å²) in [6.45, 7) is 1.63. The van der Waals surface area contributed by atoms with Crippen LogP contribution in [0.2, 0.25) is 0 Å². The van der Waals surface area contributed by atoms with E-state index >= 15 is 0 Å². The van der Waals surface area contributed by atoms with Crippen LogP contribution in [0.25, 0.3) is 22.1 Å². The number of rotatable bonds is 4. The lowest BCUT2D eigenvalue weighted by Crippen LogP contribution is -2.02. The Morgan fingerprint density at radius 1 is 1.13 bits per heavy atom. The molecule has 0 atom stereocenters. The number of aliphatic hydroxyl groups is 1. The predicted octanol–water partition coefficient (Wildman–Crippen LogP) is 3.61. The average molecular weight is 310 g/mol. The molecule has 2 N–H and O–H groups in total. The van der Waals surface area contributed by atoms with E-state index in [1.807, 2.05) is 43.3 Å². The van der Waals surface area contributed by atoms with Gasteiger partial charge in [0.1, 0.15) is 11.3 Å². The van der Waals surface area contributed by atoms with E-state index < -0.39 is 5.63 Å². The Kier molecular flexibility index (Phi) is 4.17. The van der Waals surface area contributed by atoms with Gasteiger partial charge in [-0.3, -0.25) is 0 Å². The van der Waals surface area contributed by atoms with Gasteiger partial charge in [0.05, 0.1) is 12.2 Å². The Labute approximate surface area is 133 Å². The summed E-state index contributed by atoms with van der Waals surface area (Å²) in [4.78, 5) is 11.9. The van der Waals surface area contributed by atoms with Gasteiger partial charge >= 0.3 is 5.63 Å². The summed E-state index contributed by atoms with van der Waals surface area (Å²) < 4.78 is 5.28. The normalized spacial score (nSPS) is 11.0. The molecule has 0 saturated carbocycles. The van der Waals surface area contributed by atoms with Gasteiger partial charge in [-0.15, -0.1) is 0 Å². The molecule has 4 heteroatoms. The van der Waals surface area contributed by atoms with E-state index in [0.717, 1.165) is 28.5 Å². The number of aryl methyl sites for hydroxylation is 1. The third-order valence-corrected chi connectivity index (χ3v) is 3.94. The van der Waals surface area contributed by atoms with Crippen LogP contribution in [0.3, 0.4) is 0 Å². The zero-order valence-corrected chi connectivity index (χ0v) is 12.9. The molecular weight excluding hydrogens is 292 g/mol. The maximum absolute atomic E-state index is 11.9. The molecule has 23 heavy (non-hydrogen) atoms. The van der Waals surface area contributed by atoms with Crippen LogP contribution in [-0.4, -0.2) is 10.2 Å². The maximum atomic E-state index is 11.9. The van der Waals surface area contributed by atoms with Crippen LogP contribution in [0.5, 0.6) is 5.75 Å². The largest absolute Gasteiger partial charge is 0.507 e. The quantitative estimate of drug-likeness (QED) is 0.722. The first-order valence-electron chi connectivity index (χ1n) is 7.63. The Hall–Kier alpha value is -2.59. The molecule has 3 rings (SSSR count). The molecule has 0 spiro atoms. The van der Waals surface area contributed by atoms with Gasteiger partial charge in [0.15, 0.2) is 0 Å². The maximum Gasteiger partial charge on any atom is 0.336 e. The molecule has 4 nitrogen and oxygen atoms in total. The molecule has 0 radical (unpaired) electrons. The second-order valence-corrected chi connectivity index (χ2v) is 5.49. The number of hydrogen-bond acceptors (Lipinski definition) is 4. The molecule has 1 heterocycles. The van der Waals surface area contributed by atoms with E-state index in [-0.39, 0.29) is 23.5 Å². The van der Waals surface area contributed by atoms with Crippen molar-refractivity contribution >= 4 is 11.0 Å². The van der Waals surface area contributed by atoms with E-state index in [0.29, 0.717) is 6.42 Å². The van der Waals surface area contributed by atoms with Crippen LogP contribution >= 0.6 is 0 Å². The monoisotopic (exact) mass is 310 g/mol. The number of aromatic hydroxyl groups is 1. The SMILES string of the molecule is CCCc1cc2c(-c3ccccc3)cc(=O)oc2c(CO)c1O. The molecule has 0 fully saturated rings. The Bertz CT molecular complexity index is 895. The van der Waals surface area contributed by atoms with Crippen LogP contribution in [-0.2, 0) is 13.0 Å². The van der Waals surface area contributed by atoms with E-state index in [4.69, 9.17) is 4.42 Å². The van der Waals surface area contributed by atoms with Crippen molar-refractivity contribution in [3.63, 3.8) is 0 Å². The lowest BCUT2D eigenvalue weighted by atomic mass is 9.96. The fourth-order valence-corrected chi connectivity index (χ4v) is 2.88. The first-order chi connectivity index (χ1) is 11.2. The van der Waals surface area contributed by atoms with Gasteiger partial charge < -0.3 is 14.6 Å². The smallest absolute Gasteiger partial charge is 0.336 e. The second-order valence-electron chi connectivity index (χ2n) is 5.49. The molecule has 0 aliphatic rings. The molecule has 0 bridgehead atoms. The summed E-state index contributed by atoms with van der Waals surface area (Å²) in [6.07, 6.45) is 1.55. The summed E-state index contributed by atoms with van der Waals surface area (Å²) in [5.41, 5.74) is 2.38. The molecule has 3 aromatic rings. The van der Waals surface area contributed by atoms with Gasteiger partial charge in [-0.05, 0) is 29.2 Å². The fourth-order valence-electron chi connectivity index (χ4n) is 2.88. The van der Waals surface area contributed by atoms with Crippen molar-refractivity contribution in [2.24, 2.45) is 0 Å². The summed E-state index contributed by atoms with van der Waals surface area (Å²) in [7, 11) is 0. The van der Waals surface area contributed by atoms with E-state index in [2.05, 4.69) is 0 Å². The molecule has 0 saturated heterocycles. The number of benzene rings is 2. The summed E-state index contributed by atoms with van der Waals surface area (Å²) >= 11 is 0. The van der Waals surface area contributed by atoms with E-state index in [1.165, 1.54) is 6.07 Å². The lowest BCUT2D eigenvalue weighted by Gasteiger charge is -2.13. The highest BCUT2D eigenvalue weighted by atomic mass is 16.4. The third kappa shape index (κ3) is 2.73. The van der Waals surface area contributed by atoms with Crippen molar-refractivity contribution in [1.82, 2.24) is 0 Å². The van der Waals surface area contributed by atoms with Gasteiger partial charge in [-0.2, -0.15) is 0 Å². The van der Waals surface area contributed by atoms with Crippen LogP contribution < -0.4 is 5.63 Å². The minimum Gasteiger partial charge on any atom is -0.507 e. The van der Waals surface area contributed by atoms with Gasteiger partial charge in [0.25, 0.3) is 0 Å². The highest BCUT2D eigenvalue weighted by Crippen LogP contribution is 2.36. The van der Waals surface area contributed by atoms with Crippen LogP contribution in [0, 0.1) is 0 Å². The highest BCUT2D eigenvalue weighted by Gasteiger charge is 2.17. The summed E-state index contributed by atoms with van der Waals surface area (Å²) in [5.74, 6) is 0.00946. The predicted molar refractivity (Wildman–Crippen MR) is 89.5 cm³/mol. The third-order valence-electron chi connectivity index (χ3n) is 3.94. The topological polar surface area (TPSA) is 70.7 Å². The van der Waals surface area contributed by atoms with Gasteiger partial charge in [0, 0.05) is 11.5 Å². The zero-order chi connectivity index (χ0) is 16.4. The Morgan fingerprint density at radius 3 is 2.52 bits per heavy atom. The van der Waals surface area contributed by atoms with Crippen molar-refractivity contribution in [1.29, 1.82) is 0 Å². The molecule has 0 unspecified atom stereocenters. The molecule has 2 aromatic carbocycles. The molecular formula is C19H18O4. The molecule has 118 valence electrons. The Balaban J connectivity index is 2.42. The summed E-state index contributed by atoms with van der Waals surface area (Å²) in [5, 5.41) is 20.7. The first kappa shape index (κ1) is 15.3. The highest BCUT2D eigenvalue weighted by molar-refractivity contribution is 5.96. The number of phenols is 1. The zero-order valence-electron chi connectivity index (χ0n) is 12.9. The average Bonchev–Trinajstić information content (AvgIpc) is 2.56. The van der Waals surface area contributed by atoms with Crippen LogP contribution in [0.4, 0.5) is 0 Å². The van der Waals surface area contributed by atoms with Crippen molar-refractivity contribution < 1.29 is 14.6 Å². The standard InChI is InChI=1S/C19H18O4/c1-2-6-13-9-15-14(12-7-4-3-5-8-12)10-17(21)23-19(15)16(11-20)18(13)22/h3-5,7-10,20,22H,2,6,11H2,1H3. The van der Waals surface area contributed by atoms with Crippen molar-refractivity contribution in [2.45, 2.75) is 26.4 Å².